The molecule has 3 atom stereocenters. The van der Waals surface area contributed by atoms with E-state index in [9.17, 15) is 0 Å². The van der Waals surface area contributed by atoms with Crippen molar-refractivity contribution in [1.82, 2.24) is 4.90 Å². The molecule has 1 heterocycles. The molecule has 0 aromatic carbocycles. The Morgan fingerprint density at radius 2 is 2.29 bits per heavy atom. The molecule has 3 heteroatoms. The Bertz CT molecular complexity index is 163. The van der Waals surface area contributed by atoms with Crippen LogP contribution < -0.4 is 5.73 Å². The minimum Gasteiger partial charge on any atom is -0.327 e. The molecule has 3 unspecified atom stereocenters. The number of nitrogens with zero attached hydrogens (tertiary/aromatic N) is 1. The van der Waals surface area contributed by atoms with Crippen molar-refractivity contribution in [2.24, 2.45) is 11.7 Å². The van der Waals surface area contributed by atoms with Crippen LogP contribution in [0, 0.1) is 5.92 Å². The lowest BCUT2D eigenvalue weighted by Crippen LogP contribution is -2.46. The second-order valence-corrected chi connectivity index (χ2v) is 5.84. The first-order chi connectivity index (χ1) is 6.63. The van der Waals surface area contributed by atoms with E-state index in [-0.39, 0.29) is 0 Å². The van der Waals surface area contributed by atoms with E-state index in [4.69, 9.17) is 5.73 Å². The highest BCUT2D eigenvalue weighted by atomic mass is 32.2. The van der Waals surface area contributed by atoms with Crippen LogP contribution in [-0.4, -0.2) is 42.1 Å². The highest BCUT2D eigenvalue weighted by Gasteiger charge is 2.22. The van der Waals surface area contributed by atoms with E-state index >= 15 is 0 Å². The van der Waals surface area contributed by atoms with Gasteiger partial charge in [-0.15, -0.1) is 0 Å². The van der Waals surface area contributed by atoms with Gasteiger partial charge in [-0.25, -0.2) is 0 Å². The molecule has 1 saturated heterocycles. The van der Waals surface area contributed by atoms with Crippen molar-refractivity contribution >= 4 is 11.8 Å². The molecule has 1 aliphatic heterocycles. The second kappa shape index (κ2) is 5.99. The maximum atomic E-state index is 5.99. The first-order valence-electron chi connectivity index (χ1n) is 5.64. The van der Waals surface area contributed by atoms with Crippen LogP contribution in [0.1, 0.15) is 26.7 Å². The van der Waals surface area contributed by atoms with E-state index in [0.717, 1.165) is 5.25 Å². The summed E-state index contributed by atoms with van der Waals surface area (Å²) in [5.74, 6) is 0.674. The molecule has 2 N–H and O–H groups in total. The molecule has 84 valence electrons. The van der Waals surface area contributed by atoms with Crippen LogP contribution in [0.25, 0.3) is 0 Å². The third kappa shape index (κ3) is 3.79. The van der Waals surface area contributed by atoms with Gasteiger partial charge in [-0.2, -0.15) is 11.8 Å². The van der Waals surface area contributed by atoms with Crippen molar-refractivity contribution in [3.05, 3.63) is 0 Å². The summed E-state index contributed by atoms with van der Waals surface area (Å²) in [6.07, 6.45) is 4.68. The van der Waals surface area contributed by atoms with Crippen molar-refractivity contribution in [3.63, 3.8) is 0 Å². The summed E-state index contributed by atoms with van der Waals surface area (Å²) < 4.78 is 0. The van der Waals surface area contributed by atoms with E-state index < -0.39 is 0 Å². The normalized spacial score (nSPS) is 31.7. The largest absolute Gasteiger partial charge is 0.327 e. The van der Waals surface area contributed by atoms with Gasteiger partial charge in [0.1, 0.15) is 0 Å². The van der Waals surface area contributed by atoms with Gasteiger partial charge >= 0.3 is 0 Å². The van der Waals surface area contributed by atoms with Crippen LogP contribution in [0.5, 0.6) is 0 Å². The quantitative estimate of drug-likeness (QED) is 0.777. The van der Waals surface area contributed by atoms with E-state index in [1.54, 1.807) is 0 Å². The summed E-state index contributed by atoms with van der Waals surface area (Å²) in [6, 6.07) is 0.434. The Hall–Kier alpha value is 0.270. The van der Waals surface area contributed by atoms with Crippen LogP contribution in [0.15, 0.2) is 0 Å². The molecule has 1 fully saturated rings. The highest BCUT2D eigenvalue weighted by Crippen LogP contribution is 2.17. The molecule has 1 rings (SSSR count). The number of piperidine rings is 1. The average molecular weight is 216 g/mol. The van der Waals surface area contributed by atoms with Crippen LogP contribution in [0.4, 0.5) is 0 Å². The van der Waals surface area contributed by atoms with Crippen molar-refractivity contribution in [3.8, 4) is 0 Å². The molecule has 0 radical (unpaired) electrons. The van der Waals surface area contributed by atoms with Crippen molar-refractivity contribution in [2.45, 2.75) is 38.0 Å². The lowest BCUT2D eigenvalue weighted by atomic mass is 9.95. The van der Waals surface area contributed by atoms with Gasteiger partial charge in [0.2, 0.25) is 0 Å². The minimum atomic E-state index is 0.434. The van der Waals surface area contributed by atoms with Gasteiger partial charge in [0, 0.05) is 17.8 Å². The third-order valence-corrected chi connectivity index (χ3v) is 4.35. The number of hydrogen-bond acceptors (Lipinski definition) is 3. The lowest BCUT2D eigenvalue weighted by Gasteiger charge is -2.35. The van der Waals surface area contributed by atoms with Crippen LogP contribution in [0.2, 0.25) is 0 Å². The molecule has 0 bridgehead atoms. The van der Waals surface area contributed by atoms with Gasteiger partial charge in [0.25, 0.3) is 0 Å². The molecule has 0 amide bonds. The summed E-state index contributed by atoms with van der Waals surface area (Å²) in [5, 5.41) is 0.793. The summed E-state index contributed by atoms with van der Waals surface area (Å²) in [4.78, 5) is 2.57. The SMILES string of the molecule is CSC(C)CCN1CCC(N)C(C)C1. The summed E-state index contributed by atoms with van der Waals surface area (Å²) in [5.41, 5.74) is 5.99. The van der Waals surface area contributed by atoms with Crippen molar-refractivity contribution < 1.29 is 0 Å². The zero-order valence-electron chi connectivity index (χ0n) is 9.70. The summed E-state index contributed by atoms with van der Waals surface area (Å²) >= 11 is 1.96. The number of likely N-dealkylation sites (tertiary alicyclic amines) is 1. The Kier molecular flexibility index (Phi) is 5.28. The second-order valence-electron chi connectivity index (χ2n) is 4.57. The molecule has 0 aliphatic carbocycles. The van der Waals surface area contributed by atoms with E-state index in [2.05, 4.69) is 25.0 Å². The van der Waals surface area contributed by atoms with Gasteiger partial charge in [-0.3, -0.25) is 0 Å². The summed E-state index contributed by atoms with van der Waals surface area (Å²) in [6.45, 7) is 8.23. The van der Waals surface area contributed by atoms with E-state index in [0.29, 0.717) is 12.0 Å². The van der Waals surface area contributed by atoms with Gasteiger partial charge in [-0.05, 0) is 38.1 Å². The number of rotatable bonds is 4. The first kappa shape index (κ1) is 12.3. The average Bonchev–Trinajstić information content (AvgIpc) is 2.19. The van der Waals surface area contributed by atoms with E-state index in [1.165, 1.54) is 32.5 Å². The Labute approximate surface area is 92.6 Å². The predicted octanol–water partition coefficient (Wildman–Crippen LogP) is 1.80. The Morgan fingerprint density at radius 1 is 1.57 bits per heavy atom. The highest BCUT2D eigenvalue weighted by molar-refractivity contribution is 7.99. The molecule has 0 aromatic rings. The van der Waals surface area contributed by atoms with Crippen LogP contribution in [-0.2, 0) is 0 Å². The lowest BCUT2D eigenvalue weighted by molar-refractivity contribution is 0.163. The third-order valence-electron chi connectivity index (χ3n) is 3.31. The zero-order chi connectivity index (χ0) is 10.6. The van der Waals surface area contributed by atoms with Crippen molar-refractivity contribution in [1.29, 1.82) is 0 Å². The standard InChI is InChI=1S/C11H24N2S/c1-9-8-13(7-5-11(9)12)6-4-10(2)14-3/h9-11H,4-8,12H2,1-3H3. The zero-order valence-corrected chi connectivity index (χ0v) is 10.5. The van der Waals surface area contributed by atoms with Gasteiger partial charge < -0.3 is 10.6 Å². The smallest absolute Gasteiger partial charge is 0.00889 e. The number of thioether (sulfide) groups is 1. The maximum Gasteiger partial charge on any atom is 0.00889 e. The molecule has 2 nitrogen and oxygen atoms in total. The fourth-order valence-corrected chi connectivity index (χ4v) is 2.28. The molecule has 0 spiro atoms. The van der Waals surface area contributed by atoms with Gasteiger partial charge in [0.15, 0.2) is 0 Å². The number of hydrogen-bond donors (Lipinski definition) is 1. The fourth-order valence-electron chi connectivity index (χ4n) is 1.94. The Balaban J connectivity index is 2.20. The molecular weight excluding hydrogens is 192 g/mol. The first-order valence-corrected chi connectivity index (χ1v) is 6.93. The topological polar surface area (TPSA) is 29.3 Å². The van der Waals surface area contributed by atoms with Crippen LogP contribution in [0.3, 0.4) is 0 Å². The molecule has 1 aliphatic rings. The monoisotopic (exact) mass is 216 g/mol. The summed E-state index contributed by atoms with van der Waals surface area (Å²) in [7, 11) is 0. The predicted molar refractivity (Wildman–Crippen MR) is 65.8 cm³/mol. The molecule has 14 heavy (non-hydrogen) atoms. The molecule has 0 aromatic heterocycles. The minimum absolute atomic E-state index is 0.434. The van der Waals surface area contributed by atoms with Gasteiger partial charge in [0.05, 0.1) is 0 Å². The molecule has 0 saturated carbocycles. The van der Waals surface area contributed by atoms with Gasteiger partial charge in [-0.1, -0.05) is 13.8 Å². The Morgan fingerprint density at radius 3 is 2.86 bits per heavy atom. The van der Waals surface area contributed by atoms with E-state index in [1.807, 2.05) is 11.8 Å². The van der Waals surface area contributed by atoms with Crippen molar-refractivity contribution in [2.75, 3.05) is 25.9 Å². The molecular formula is C11H24N2S. The number of nitrogens with two attached hydrogens (primary N) is 1. The maximum absolute atomic E-state index is 5.99. The van der Waals surface area contributed by atoms with Crippen LogP contribution >= 0.6 is 11.8 Å². The fraction of sp³-hybridized carbons (Fsp3) is 1.00.